The van der Waals surface area contributed by atoms with Crippen LogP contribution in [-0.4, -0.2) is 54.2 Å². The van der Waals surface area contributed by atoms with Crippen molar-refractivity contribution >= 4 is 17.6 Å². The Morgan fingerprint density at radius 3 is 2.05 bits per heavy atom. The quantitative estimate of drug-likeness (QED) is 0.181. The summed E-state index contributed by atoms with van der Waals surface area (Å²) in [5, 5.41) is 8.47. The SMILES string of the molecule is CCOC(=O)CCN(C)C(=O)c1ccc(N(C)[C@H](c2ccc(-c3nnc(-c4ccccc4)o3)cc2)C(C)CC)cc1. The predicted molar refractivity (Wildman–Crippen MR) is 160 cm³/mol. The number of rotatable bonds is 12. The Bertz CT molecular complexity index is 1420. The Labute approximate surface area is 242 Å². The summed E-state index contributed by atoms with van der Waals surface area (Å²) in [6.07, 6.45) is 1.18. The van der Waals surface area contributed by atoms with Crippen molar-refractivity contribution in [3.8, 4) is 22.9 Å². The Balaban J connectivity index is 1.48. The molecular formula is C33H38N4O4. The zero-order chi connectivity index (χ0) is 29.4. The van der Waals surface area contributed by atoms with Gasteiger partial charge in [-0.3, -0.25) is 9.59 Å². The lowest BCUT2D eigenvalue weighted by Crippen LogP contribution is -2.30. The van der Waals surface area contributed by atoms with Gasteiger partial charge in [-0.1, -0.05) is 50.6 Å². The van der Waals surface area contributed by atoms with E-state index in [4.69, 9.17) is 9.15 Å². The highest BCUT2D eigenvalue weighted by molar-refractivity contribution is 5.94. The summed E-state index contributed by atoms with van der Waals surface area (Å²) < 4.78 is 10.9. The molecule has 0 aliphatic rings. The monoisotopic (exact) mass is 554 g/mol. The van der Waals surface area contributed by atoms with E-state index in [-0.39, 0.29) is 24.3 Å². The minimum Gasteiger partial charge on any atom is -0.466 e. The van der Waals surface area contributed by atoms with Gasteiger partial charge in [0.2, 0.25) is 11.8 Å². The van der Waals surface area contributed by atoms with Gasteiger partial charge < -0.3 is 19.0 Å². The number of esters is 1. The summed E-state index contributed by atoms with van der Waals surface area (Å²) in [5.41, 5.74) is 4.51. The van der Waals surface area contributed by atoms with Crippen molar-refractivity contribution in [3.05, 3.63) is 90.0 Å². The van der Waals surface area contributed by atoms with E-state index in [9.17, 15) is 9.59 Å². The topological polar surface area (TPSA) is 88.8 Å². The second-order valence-corrected chi connectivity index (χ2v) is 10.2. The molecule has 0 fully saturated rings. The number of anilines is 1. The third-order valence-electron chi connectivity index (χ3n) is 7.37. The van der Waals surface area contributed by atoms with Gasteiger partial charge in [0.05, 0.1) is 19.1 Å². The molecule has 1 amide bonds. The van der Waals surface area contributed by atoms with E-state index in [1.807, 2.05) is 66.7 Å². The molecular weight excluding hydrogens is 516 g/mol. The first kappa shape index (κ1) is 29.5. The molecule has 0 N–H and O–H groups in total. The molecule has 4 rings (SSSR count). The van der Waals surface area contributed by atoms with E-state index < -0.39 is 0 Å². The molecule has 4 aromatic rings. The summed E-state index contributed by atoms with van der Waals surface area (Å²) in [6.45, 7) is 6.85. The van der Waals surface area contributed by atoms with E-state index in [0.29, 0.717) is 36.4 Å². The minimum atomic E-state index is -0.303. The van der Waals surface area contributed by atoms with Gasteiger partial charge in [0.1, 0.15) is 0 Å². The van der Waals surface area contributed by atoms with Crippen LogP contribution in [0.2, 0.25) is 0 Å². The fourth-order valence-corrected chi connectivity index (χ4v) is 4.83. The minimum absolute atomic E-state index is 0.116. The van der Waals surface area contributed by atoms with Crippen molar-refractivity contribution in [2.45, 2.75) is 39.7 Å². The second kappa shape index (κ2) is 13.7. The third-order valence-corrected chi connectivity index (χ3v) is 7.37. The highest BCUT2D eigenvalue weighted by atomic mass is 16.5. The maximum atomic E-state index is 12.9. The number of carbonyl (C=O) groups is 2. The van der Waals surface area contributed by atoms with Crippen LogP contribution in [0.1, 0.15) is 55.6 Å². The molecule has 0 aliphatic carbocycles. The van der Waals surface area contributed by atoms with Gasteiger partial charge in [-0.05, 0) is 66.9 Å². The van der Waals surface area contributed by atoms with Crippen molar-refractivity contribution in [1.29, 1.82) is 0 Å². The molecule has 8 heteroatoms. The van der Waals surface area contributed by atoms with Gasteiger partial charge in [-0.2, -0.15) is 0 Å². The molecule has 3 aromatic carbocycles. The van der Waals surface area contributed by atoms with Gasteiger partial charge in [0, 0.05) is 43.0 Å². The Morgan fingerprint density at radius 1 is 0.854 bits per heavy atom. The van der Waals surface area contributed by atoms with Crippen LogP contribution in [0.15, 0.2) is 83.3 Å². The molecule has 0 bridgehead atoms. The zero-order valence-electron chi connectivity index (χ0n) is 24.4. The Hall–Kier alpha value is -4.46. The molecule has 1 aromatic heterocycles. The summed E-state index contributed by atoms with van der Waals surface area (Å²) in [5.74, 6) is 0.913. The number of carbonyl (C=O) groups excluding carboxylic acids is 2. The molecule has 0 saturated heterocycles. The molecule has 8 nitrogen and oxygen atoms in total. The van der Waals surface area contributed by atoms with Crippen LogP contribution in [0, 0.1) is 5.92 Å². The van der Waals surface area contributed by atoms with E-state index in [1.165, 1.54) is 5.56 Å². The average Bonchev–Trinajstić information content (AvgIpc) is 3.51. The summed E-state index contributed by atoms with van der Waals surface area (Å²) in [7, 11) is 3.78. The van der Waals surface area contributed by atoms with Gasteiger partial charge in [0.25, 0.3) is 5.91 Å². The molecule has 0 aliphatic heterocycles. The number of ether oxygens (including phenoxy) is 1. The number of hydrogen-bond acceptors (Lipinski definition) is 7. The van der Waals surface area contributed by atoms with Crippen molar-refractivity contribution < 1.29 is 18.7 Å². The van der Waals surface area contributed by atoms with Gasteiger partial charge >= 0.3 is 5.97 Å². The Kier molecular flexibility index (Phi) is 9.90. The maximum absolute atomic E-state index is 12.9. The first-order chi connectivity index (χ1) is 19.8. The van der Waals surface area contributed by atoms with Gasteiger partial charge in [0.15, 0.2) is 0 Å². The maximum Gasteiger partial charge on any atom is 0.307 e. The molecule has 41 heavy (non-hydrogen) atoms. The highest BCUT2D eigenvalue weighted by Gasteiger charge is 2.24. The largest absolute Gasteiger partial charge is 0.466 e. The third kappa shape index (κ3) is 7.20. The number of hydrogen-bond donors (Lipinski definition) is 0. The van der Waals surface area contributed by atoms with E-state index >= 15 is 0 Å². The number of nitrogens with zero attached hydrogens (tertiary/aromatic N) is 4. The zero-order valence-corrected chi connectivity index (χ0v) is 24.4. The van der Waals surface area contributed by atoms with E-state index in [0.717, 1.165) is 23.2 Å². The molecule has 0 radical (unpaired) electrons. The number of benzene rings is 3. The molecule has 1 heterocycles. The predicted octanol–water partition coefficient (Wildman–Crippen LogP) is 6.65. The normalized spacial score (nSPS) is 12.4. The number of amides is 1. The van der Waals surface area contributed by atoms with E-state index in [2.05, 4.69) is 48.1 Å². The van der Waals surface area contributed by atoms with Crippen LogP contribution in [0.4, 0.5) is 5.69 Å². The molecule has 1 unspecified atom stereocenters. The van der Waals surface area contributed by atoms with E-state index in [1.54, 1.807) is 18.9 Å². The summed E-state index contributed by atoms with van der Waals surface area (Å²) in [4.78, 5) is 28.3. The fourth-order valence-electron chi connectivity index (χ4n) is 4.83. The van der Waals surface area contributed by atoms with Crippen molar-refractivity contribution in [2.75, 3.05) is 32.1 Å². The van der Waals surface area contributed by atoms with Crippen molar-refractivity contribution in [1.82, 2.24) is 15.1 Å². The first-order valence-corrected chi connectivity index (χ1v) is 14.1. The van der Waals surface area contributed by atoms with Crippen LogP contribution < -0.4 is 4.90 Å². The van der Waals surface area contributed by atoms with Crippen LogP contribution in [0.3, 0.4) is 0 Å². The Morgan fingerprint density at radius 2 is 1.46 bits per heavy atom. The molecule has 0 spiro atoms. The lowest BCUT2D eigenvalue weighted by molar-refractivity contribution is -0.143. The second-order valence-electron chi connectivity index (χ2n) is 10.2. The lowest BCUT2D eigenvalue weighted by atomic mass is 9.90. The van der Waals surface area contributed by atoms with Crippen molar-refractivity contribution in [3.63, 3.8) is 0 Å². The smallest absolute Gasteiger partial charge is 0.307 e. The highest BCUT2D eigenvalue weighted by Crippen LogP contribution is 2.35. The first-order valence-electron chi connectivity index (χ1n) is 14.1. The van der Waals surface area contributed by atoms with Crippen LogP contribution in [-0.2, 0) is 9.53 Å². The summed E-state index contributed by atoms with van der Waals surface area (Å²) in [6, 6.07) is 25.7. The fraction of sp³-hybridized carbons (Fsp3) is 0.333. The van der Waals surface area contributed by atoms with Gasteiger partial charge in [-0.25, -0.2) is 0 Å². The van der Waals surface area contributed by atoms with Crippen molar-refractivity contribution in [2.24, 2.45) is 5.92 Å². The van der Waals surface area contributed by atoms with Crippen LogP contribution >= 0.6 is 0 Å². The summed E-state index contributed by atoms with van der Waals surface area (Å²) >= 11 is 0. The molecule has 0 saturated carbocycles. The standard InChI is InChI=1S/C33H38N4O4/c1-6-23(3)30(24-13-15-26(16-14-24)32-35-34-31(41-32)25-11-9-8-10-12-25)37(5)28-19-17-27(18-20-28)33(39)36(4)22-21-29(38)40-7-2/h8-20,23,30H,6-7,21-22H2,1-5H3/t23?,30-/m0/s1. The average molecular weight is 555 g/mol. The van der Waals surface area contributed by atoms with Crippen LogP contribution in [0.25, 0.3) is 22.9 Å². The molecule has 214 valence electrons. The van der Waals surface area contributed by atoms with Gasteiger partial charge in [-0.15, -0.1) is 10.2 Å². The lowest BCUT2D eigenvalue weighted by Gasteiger charge is -2.35. The molecule has 2 atom stereocenters. The van der Waals surface area contributed by atoms with Crippen LogP contribution in [0.5, 0.6) is 0 Å². The number of aromatic nitrogens is 2.